The maximum absolute atomic E-state index is 12.3. The molecule has 0 saturated carbocycles. The lowest BCUT2D eigenvalue weighted by atomic mass is 10.1. The highest BCUT2D eigenvalue weighted by molar-refractivity contribution is 5.97. The summed E-state index contributed by atoms with van der Waals surface area (Å²) in [7, 11) is 0. The van der Waals surface area contributed by atoms with Gasteiger partial charge in [-0.1, -0.05) is 19.4 Å². The first-order chi connectivity index (χ1) is 12.1. The molecule has 1 N–H and O–H groups in total. The fraction of sp³-hybridized carbons (Fsp3) is 0.368. The predicted octanol–water partition coefficient (Wildman–Crippen LogP) is 3.04. The number of ether oxygens (including phenoxy) is 1. The second kappa shape index (κ2) is 7.42. The lowest BCUT2D eigenvalue weighted by molar-refractivity contribution is -0.121. The summed E-state index contributed by atoms with van der Waals surface area (Å²) in [5.74, 6) is 1.13. The van der Waals surface area contributed by atoms with Gasteiger partial charge in [0.25, 0.3) is 11.8 Å². The normalized spacial score (nSPS) is 13.4. The van der Waals surface area contributed by atoms with Gasteiger partial charge in [0.1, 0.15) is 11.5 Å². The Kier molecular flexibility index (Phi) is 5.07. The molecule has 1 aliphatic heterocycles. The number of hydrogen-bond donors (Lipinski definition) is 1. The van der Waals surface area contributed by atoms with E-state index in [9.17, 15) is 9.59 Å². The molecule has 0 aliphatic carbocycles. The Bertz CT molecular complexity index is 781. The molecule has 6 nitrogen and oxygen atoms in total. The monoisotopic (exact) mass is 342 g/mol. The van der Waals surface area contributed by atoms with Gasteiger partial charge in [-0.3, -0.25) is 14.5 Å². The van der Waals surface area contributed by atoms with E-state index in [4.69, 9.17) is 9.15 Å². The highest BCUT2D eigenvalue weighted by atomic mass is 16.5. The van der Waals surface area contributed by atoms with E-state index in [2.05, 4.69) is 12.2 Å². The molecule has 2 heterocycles. The van der Waals surface area contributed by atoms with E-state index < -0.39 is 0 Å². The number of furan rings is 1. The molecule has 2 aromatic rings. The maximum Gasteiger partial charge on any atom is 0.286 e. The number of amides is 2. The molecule has 2 amide bonds. The van der Waals surface area contributed by atoms with E-state index in [0.29, 0.717) is 18.1 Å². The third kappa shape index (κ3) is 3.84. The number of rotatable bonds is 6. The van der Waals surface area contributed by atoms with Crippen molar-refractivity contribution in [3.8, 4) is 5.75 Å². The first-order valence-corrected chi connectivity index (χ1v) is 8.49. The molecule has 0 fully saturated rings. The molecule has 3 rings (SSSR count). The van der Waals surface area contributed by atoms with Crippen LogP contribution in [0.25, 0.3) is 0 Å². The van der Waals surface area contributed by atoms with Crippen molar-refractivity contribution in [1.82, 2.24) is 5.32 Å². The van der Waals surface area contributed by atoms with Crippen molar-refractivity contribution in [2.24, 2.45) is 0 Å². The Hall–Kier alpha value is -2.76. The van der Waals surface area contributed by atoms with Gasteiger partial charge >= 0.3 is 0 Å². The van der Waals surface area contributed by atoms with E-state index in [-0.39, 0.29) is 30.7 Å². The molecule has 0 saturated heterocycles. The average molecular weight is 342 g/mol. The Labute approximate surface area is 146 Å². The molecule has 1 aromatic heterocycles. The van der Waals surface area contributed by atoms with Crippen LogP contribution in [0.1, 0.15) is 41.6 Å². The van der Waals surface area contributed by atoms with Crippen molar-refractivity contribution in [1.29, 1.82) is 0 Å². The number of nitrogens with one attached hydrogen (secondary N) is 1. The first kappa shape index (κ1) is 17.1. The van der Waals surface area contributed by atoms with E-state index in [1.54, 1.807) is 17.0 Å². The van der Waals surface area contributed by atoms with Crippen LogP contribution in [-0.2, 0) is 11.3 Å². The Morgan fingerprint density at radius 3 is 2.92 bits per heavy atom. The van der Waals surface area contributed by atoms with Gasteiger partial charge in [-0.05, 0) is 43.2 Å². The van der Waals surface area contributed by atoms with Crippen molar-refractivity contribution in [2.45, 2.75) is 33.2 Å². The summed E-state index contributed by atoms with van der Waals surface area (Å²) < 4.78 is 11.1. The standard InChI is InChI=1S/C19H22N2O4/c1-3-4-9-20-19(23)17-8-6-14(25-17)11-21-15-10-13(2)5-7-16(15)24-12-18(21)22/h5-8,10H,3-4,9,11-12H2,1-2H3,(H,20,23). The number of unbranched alkanes of at least 4 members (excludes halogenated alkanes) is 1. The van der Waals surface area contributed by atoms with Crippen LogP contribution in [-0.4, -0.2) is 25.0 Å². The largest absolute Gasteiger partial charge is 0.482 e. The van der Waals surface area contributed by atoms with Crippen LogP contribution in [0.5, 0.6) is 5.75 Å². The Balaban J connectivity index is 1.74. The number of benzene rings is 1. The van der Waals surface area contributed by atoms with Crippen molar-refractivity contribution in [3.63, 3.8) is 0 Å². The van der Waals surface area contributed by atoms with Crippen LogP contribution in [0, 0.1) is 6.92 Å². The van der Waals surface area contributed by atoms with Crippen LogP contribution in [0.3, 0.4) is 0 Å². The zero-order valence-corrected chi connectivity index (χ0v) is 14.5. The van der Waals surface area contributed by atoms with Crippen LogP contribution in [0.15, 0.2) is 34.7 Å². The molecule has 1 aliphatic rings. The summed E-state index contributed by atoms with van der Waals surface area (Å²) >= 11 is 0. The van der Waals surface area contributed by atoms with E-state index in [0.717, 1.165) is 24.1 Å². The number of carbonyl (C=O) groups is 2. The Morgan fingerprint density at radius 1 is 1.28 bits per heavy atom. The van der Waals surface area contributed by atoms with Crippen LogP contribution < -0.4 is 15.0 Å². The summed E-state index contributed by atoms with van der Waals surface area (Å²) in [6.07, 6.45) is 1.94. The fourth-order valence-electron chi connectivity index (χ4n) is 2.69. The molecule has 1 aromatic carbocycles. The molecule has 6 heteroatoms. The van der Waals surface area contributed by atoms with Gasteiger partial charge in [-0.15, -0.1) is 0 Å². The van der Waals surface area contributed by atoms with Crippen LogP contribution >= 0.6 is 0 Å². The molecule has 25 heavy (non-hydrogen) atoms. The van der Waals surface area contributed by atoms with Crippen molar-refractivity contribution in [3.05, 3.63) is 47.4 Å². The quantitative estimate of drug-likeness (QED) is 0.819. The molecular formula is C19H22N2O4. The van der Waals surface area contributed by atoms with Crippen LogP contribution in [0.4, 0.5) is 5.69 Å². The lowest BCUT2D eigenvalue weighted by Crippen LogP contribution is -2.38. The first-order valence-electron chi connectivity index (χ1n) is 8.49. The van der Waals surface area contributed by atoms with Gasteiger partial charge in [0, 0.05) is 6.54 Å². The molecule has 0 radical (unpaired) electrons. The minimum atomic E-state index is -0.232. The highest BCUT2D eigenvalue weighted by Gasteiger charge is 2.26. The van der Waals surface area contributed by atoms with Gasteiger partial charge in [-0.2, -0.15) is 0 Å². The number of anilines is 1. The molecule has 0 bridgehead atoms. The molecule has 0 atom stereocenters. The SMILES string of the molecule is CCCCNC(=O)c1ccc(CN2C(=O)COc3ccc(C)cc32)o1. The second-order valence-electron chi connectivity index (χ2n) is 6.12. The van der Waals surface area contributed by atoms with E-state index in [1.807, 2.05) is 25.1 Å². The third-order valence-electron chi connectivity index (χ3n) is 4.07. The summed E-state index contributed by atoms with van der Waals surface area (Å²) in [5, 5.41) is 2.82. The second-order valence-corrected chi connectivity index (χ2v) is 6.12. The zero-order chi connectivity index (χ0) is 17.8. The maximum atomic E-state index is 12.3. The highest BCUT2D eigenvalue weighted by Crippen LogP contribution is 2.34. The minimum Gasteiger partial charge on any atom is -0.482 e. The van der Waals surface area contributed by atoms with E-state index in [1.165, 1.54) is 0 Å². The fourth-order valence-corrected chi connectivity index (χ4v) is 2.69. The molecule has 0 unspecified atom stereocenters. The number of nitrogens with zero attached hydrogens (tertiary/aromatic N) is 1. The van der Waals surface area contributed by atoms with Crippen molar-refractivity contribution in [2.75, 3.05) is 18.1 Å². The smallest absolute Gasteiger partial charge is 0.286 e. The van der Waals surface area contributed by atoms with Crippen molar-refractivity contribution < 1.29 is 18.7 Å². The summed E-state index contributed by atoms with van der Waals surface area (Å²) in [6, 6.07) is 9.08. The van der Waals surface area contributed by atoms with Crippen LogP contribution in [0.2, 0.25) is 0 Å². The van der Waals surface area contributed by atoms with Gasteiger partial charge in [0.15, 0.2) is 12.4 Å². The molecular weight excluding hydrogens is 320 g/mol. The zero-order valence-electron chi connectivity index (χ0n) is 14.5. The van der Waals surface area contributed by atoms with Gasteiger partial charge in [0.2, 0.25) is 0 Å². The lowest BCUT2D eigenvalue weighted by Gasteiger charge is -2.29. The minimum absolute atomic E-state index is 0.00112. The van der Waals surface area contributed by atoms with Crippen molar-refractivity contribution >= 4 is 17.5 Å². The molecule has 132 valence electrons. The topological polar surface area (TPSA) is 71.8 Å². The number of aryl methyl sites for hydroxylation is 1. The predicted molar refractivity (Wildman–Crippen MR) is 93.8 cm³/mol. The number of fused-ring (bicyclic) bond motifs is 1. The number of hydrogen-bond acceptors (Lipinski definition) is 4. The van der Waals surface area contributed by atoms with Gasteiger partial charge in [0.05, 0.1) is 12.2 Å². The average Bonchev–Trinajstić information content (AvgIpc) is 3.06. The van der Waals surface area contributed by atoms with Gasteiger partial charge in [-0.25, -0.2) is 0 Å². The van der Waals surface area contributed by atoms with Gasteiger partial charge < -0.3 is 14.5 Å². The summed E-state index contributed by atoms with van der Waals surface area (Å²) in [5.41, 5.74) is 1.76. The number of carbonyl (C=O) groups excluding carboxylic acids is 2. The Morgan fingerprint density at radius 2 is 2.12 bits per heavy atom. The van der Waals surface area contributed by atoms with E-state index >= 15 is 0 Å². The summed E-state index contributed by atoms with van der Waals surface area (Å²) in [6.45, 7) is 4.92. The molecule has 0 spiro atoms. The summed E-state index contributed by atoms with van der Waals surface area (Å²) in [4.78, 5) is 25.9. The third-order valence-corrected chi connectivity index (χ3v) is 4.07.